The van der Waals surface area contributed by atoms with E-state index in [1.807, 2.05) is 54.4 Å². The fourth-order valence-corrected chi connectivity index (χ4v) is 2.14. The summed E-state index contributed by atoms with van der Waals surface area (Å²) in [5.74, 6) is 0.597. The largest absolute Gasteiger partial charge is 0.329 e. The molecule has 5 nitrogen and oxygen atoms in total. The Morgan fingerprint density at radius 2 is 1.83 bits per heavy atom. The highest BCUT2D eigenvalue weighted by Crippen LogP contribution is 2.22. The lowest BCUT2D eigenvalue weighted by molar-refractivity contribution is 0.102. The van der Waals surface area contributed by atoms with E-state index in [1.165, 1.54) is 6.20 Å². The maximum Gasteiger partial charge on any atom is 0.257 e. The van der Waals surface area contributed by atoms with Crippen LogP contribution in [0.2, 0.25) is 0 Å². The average Bonchev–Trinajstić information content (AvgIpc) is 2.63. The number of anilines is 3. The first kappa shape index (κ1) is 14.7. The average molecular weight is 304 g/mol. The first-order chi connectivity index (χ1) is 11.2. The van der Waals surface area contributed by atoms with E-state index in [1.54, 1.807) is 24.5 Å². The fourth-order valence-electron chi connectivity index (χ4n) is 2.14. The van der Waals surface area contributed by atoms with Crippen LogP contribution in [-0.2, 0) is 0 Å². The molecule has 2 aromatic heterocycles. The Labute approximate surface area is 134 Å². The van der Waals surface area contributed by atoms with Crippen molar-refractivity contribution in [3.63, 3.8) is 0 Å². The number of nitrogens with one attached hydrogen (secondary N) is 1. The standard InChI is InChI=1S/C18H16N4O/c1-22(16-7-3-2-4-8-16)17-10-9-15(13-20-17)21-18(23)14-6-5-11-19-12-14/h2-13H,1H3,(H,21,23). The van der Waals surface area contributed by atoms with Crippen molar-refractivity contribution in [2.45, 2.75) is 0 Å². The molecule has 2 heterocycles. The van der Waals surface area contributed by atoms with Crippen LogP contribution in [0, 0.1) is 0 Å². The first-order valence-corrected chi connectivity index (χ1v) is 7.20. The molecule has 0 unspecified atom stereocenters. The van der Waals surface area contributed by atoms with E-state index in [0.29, 0.717) is 11.3 Å². The van der Waals surface area contributed by atoms with Crippen LogP contribution in [0.1, 0.15) is 10.4 Å². The minimum Gasteiger partial charge on any atom is -0.329 e. The number of aromatic nitrogens is 2. The number of rotatable bonds is 4. The van der Waals surface area contributed by atoms with Gasteiger partial charge in [-0.3, -0.25) is 9.78 Å². The number of carbonyl (C=O) groups is 1. The number of para-hydroxylation sites is 1. The van der Waals surface area contributed by atoms with Crippen molar-refractivity contribution in [1.29, 1.82) is 0 Å². The molecule has 0 fully saturated rings. The monoisotopic (exact) mass is 304 g/mol. The molecule has 23 heavy (non-hydrogen) atoms. The van der Waals surface area contributed by atoms with Gasteiger partial charge in [-0.2, -0.15) is 0 Å². The molecule has 0 aliphatic heterocycles. The van der Waals surface area contributed by atoms with E-state index in [-0.39, 0.29) is 5.91 Å². The van der Waals surface area contributed by atoms with Crippen LogP contribution in [0.4, 0.5) is 17.2 Å². The third-order valence-electron chi connectivity index (χ3n) is 3.42. The molecule has 0 radical (unpaired) electrons. The molecule has 3 aromatic rings. The van der Waals surface area contributed by atoms with Crippen LogP contribution in [0.3, 0.4) is 0 Å². The van der Waals surface area contributed by atoms with E-state index < -0.39 is 0 Å². The van der Waals surface area contributed by atoms with Gasteiger partial charge in [-0.25, -0.2) is 4.98 Å². The Morgan fingerprint density at radius 1 is 1.00 bits per heavy atom. The van der Waals surface area contributed by atoms with Crippen LogP contribution < -0.4 is 10.2 Å². The Hall–Kier alpha value is -3.21. The van der Waals surface area contributed by atoms with Gasteiger partial charge >= 0.3 is 0 Å². The molecule has 0 spiro atoms. The Morgan fingerprint density at radius 3 is 2.48 bits per heavy atom. The highest BCUT2D eigenvalue weighted by Gasteiger charge is 2.08. The molecule has 5 heteroatoms. The lowest BCUT2D eigenvalue weighted by Gasteiger charge is -2.18. The highest BCUT2D eigenvalue weighted by atomic mass is 16.1. The summed E-state index contributed by atoms with van der Waals surface area (Å²) in [7, 11) is 1.95. The molecule has 1 N–H and O–H groups in total. The first-order valence-electron chi connectivity index (χ1n) is 7.20. The topological polar surface area (TPSA) is 58.1 Å². The zero-order valence-corrected chi connectivity index (χ0v) is 12.7. The molecule has 0 aliphatic carbocycles. The van der Waals surface area contributed by atoms with Gasteiger partial charge < -0.3 is 10.2 Å². The summed E-state index contributed by atoms with van der Waals surface area (Å²) in [6.07, 6.45) is 4.80. The van der Waals surface area contributed by atoms with Crippen LogP contribution >= 0.6 is 0 Å². The number of nitrogens with zero attached hydrogens (tertiary/aromatic N) is 3. The van der Waals surface area contributed by atoms with Gasteiger partial charge in [0, 0.05) is 25.1 Å². The molecule has 1 amide bonds. The van der Waals surface area contributed by atoms with Crippen LogP contribution in [0.25, 0.3) is 0 Å². The molecule has 0 atom stereocenters. The lowest BCUT2D eigenvalue weighted by atomic mass is 10.2. The lowest BCUT2D eigenvalue weighted by Crippen LogP contribution is -2.14. The predicted molar refractivity (Wildman–Crippen MR) is 90.9 cm³/mol. The third kappa shape index (κ3) is 3.52. The molecule has 0 saturated heterocycles. The van der Waals surface area contributed by atoms with Crippen LogP contribution in [0.15, 0.2) is 73.2 Å². The summed E-state index contributed by atoms with van der Waals surface area (Å²) >= 11 is 0. The van der Waals surface area contributed by atoms with Crippen molar-refractivity contribution in [3.8, 4) is 0 Å². The van der Waals surface area contributed by atoms with E-state index >= 15 is 0 Å². The quantitative estimate of drug-likeness (QED) is 0.801. The molecule has 114 valence electrons. The number of pyridine rings is 2. The molecule has 3 rings (SSSR count). The Kier molecular flexibility index (Phi) is 4.29. The van der Waals surface area contributed by atoms with Crippen LogP contribution in [-0.4, -0.2) is 22.9 Å². The van der Waals surface area contributed by atoms with E-state index in [0.717, 1.165) is 11.5 Å². The van der Waals surface area contributed by atoms with Gasteiger partial charge in [0.15, 0.2) is 0 Å². The molecule has 0 saturated carbocycles. The number of benzene rings is 1. The summed E-state index contributed by atoms with van der Waals surface area (Å²) < 4.78 is 0. The molecule has 0 bridgehead atoms. The molecule has 1 aromatic carbocycles. The molecule has 0 aliphatic rings. The van der Waals surface area contributed by atoms with Gasteiger partial charge in [-0.05, 0) is 36.4 Å². The van der Waals surface area contributed by atoms with Crippen molar-refractivity contribution in [1.82, 2.24) is 9.97 Å². The minimum atomic E-state index is -0.205. The van der Waals surface area contributed by atoms with E-state index in [4.69, 9.17) is 0 Å². The van der Waals surface area contributed by atoms with Crippen LogP contribution in [0.5, 0.6) is 0 Å². The van der Waals surface area contributed by atoms with Gasteiger partial charge in [0.1, 0.15) is 5.82 Å². The summed E-state index contributed by atoms with van der Waals surface area (Å²) in [5, 5.41) is 2.80. The summed E-state index contributed by atoms with van der Waals surface area (Å²) in [5.41, 5.74) is 2.20. The number of carbonyl (C=O) groups excluding carboxylic acids is 1. The smallest absolute Gasteiger partial charge is 0.257 e. The maximum atomic E-state index is 12.1. The van der Waals surface area contributed by atoms with Gasteiger partial charge in [0.25, 0.3) is 5.91 Å². The zero-order valence-electron chi connectivity index (χ0n) is 12.7. The van der Waals surface area contributed by atoms with Crippen molar-refractivity contribution in [2.75, 3.05) is 17.3 Å². The van der Waals surface area contributed by atoms with Crippen molar-refractivity contribution in [2.24, 2.45) is 0 Å². The summed E-state index contributed by atoms with van der Waals surface area (Å²) in [6.45, 7) is 0. The van der Waals surface area contributed by atoms with Gasteiger partial charge in [-0.1, -0.05) is 18.2 Å². The minimum absolute atomic E-state index is 0.205. The third-order valence-corrected chi connectivity index (χ3v) is 3.42. The van der Waals surface area contributed by atoms with Crippen molar-refractivity contribution < 1.29 is 4.79 Å². The number of hydrogen-bond acceptors (Lipinski definition) is 4. The Bertz CT molecular complexity index is 773. The fraction of sp³-hybridized carbons (Fsp3) is 0.0556. The van der Waals surface area contributed by atoms with Gasteiger partial charge in [-0.15, -0.1) is 0 Å². The van der Waals surface area contributed by atoms with Gasteiger partial charge in [0.05, 0.1) is 17.4 Å². The number of amides is 1. The second-order valence-electron chi connectivity index (χ2n) is 5.00. The second kappa shape index (κ2) is 6.70. The summed E-state index contributed by atoms with van der Waals surface area (Å²) in [6, 6.07) is 17.1. The van der Waals surface area contributed by atoms with Crippen molar-refractivity contribution in [3.05, 3.63) is 78.8 Å². The zero-order chi connectivity index (χ0) is 16.1. The second-order valence-corrected chi connectivity index (χ2v) is 5.00. The number of hydrogen-bond donors (Lipinski definition) is 1. The van der Waals surface area contributed by atoms with Crippen molar-refractivity contribution >= 4 is 23.1 Å². The predicted octanol–water partition coefficient (Wildman–Crippen LogP) is 3.50. The SMILES string of the molecule is CN(c1ccccc1)c1ccc(NC(=O)c2cccnc2)cn1. The molecular weight excluding hydrogens is 288 g/mol. The van der Waals surface area contributed by atoms with Gasteiger partial charge in [0.2, 0.25) is 0 Å². The van der Waals surface area contributed by atoms with E-state index in [9.17, 15) is 4.79 Å². The van der Waals surface area contributed by atoms with E-state index in [2.05, 4.69) is 15.3 Å². The normalized spacial score (nSPS) is 10.1. The highest BCUT2D eigenvalue weighted by molar-refractivity contribution is 6.03. The summed E-state index contributed by atoms with van der Waals surface area (Å²) in [4.78, 5) is 22.4. The maximum absolute atomic E-state index is 12.1. The molecular formula is C18H16N4O. The Balaban J connectivity index is 1.71.